The van der Waals surface area contributed by atoms with Gasteiger partial charge in [0.15, 0.2) is 0 Å². The molecule has 3 rings (SSSR count). The first-order valence-electron chi connectivity index (χ1n) is 6.39. The SMILES string of the molecule is O=[SH](=O)Cc1ccc(-n2cncc2-c2ccccc2)nc1. The van der Waals surface area contributed by atoms with Crippen LogP contribution in [0.25, 0.3) is 17.1 Å². The molecule has 0 aliphatic rings. The first kappa shape index (κ1) is 13.5. The lowest BCUT2D eigenvalue weighted by Gasteiger charge is -2.07. The average Bonchev–Trinajstić information content (AvgIpc) is 2.98. The zero-order valence-electron chi connectivity index (χ0n) is 11.1. The molecule has 106 valence electrons. The molecular weight excluding hydrogens is 286 g/mol. The third kappa shape index (κ3) is 3.00. The quantitative estimate of drug-likeness (QED) is 0.749. The van der Waals surface area contributed by atoms with Crippen LogP contribution < -0.4 is 0 Å². The fourth-order valence-corrected chi connectivity index (χ4v) is 2.59. The first-order valence-corrected chi connectivity index (χ1v) is 7.75. The van der Waals surface area contributed by atoms with Crippen LogP contribution >= 0.6 is 0 Å². The fourth-order valence-electron chi connectivity index (χ4n) is 2.10. The van der Waals surface area contributed by atoms with Crippen LogP contribution in [0.15, 0.2) is 61.2 Å². The molecule has 2 heterocycles. The predicted molar refractivity (Wildman–Crippen MR) is 80.8 cm³/mol. The number of imidazole rings is 1. The molecule has 0 unspecified atom stereocenters. The van der Waals surface area contributed by atoms with Crippen LogP contribution in [0.3, 0.4) is 0 Å². The van der Waals surface area contributed by atoms with Gasteiger partial charge in [0.25, 0.3) is 0 Å². The van der Waals surface area contributed by atoms with Gasteiger partial charge in [-0.15, -0.1) is 0 Å². The van der Waals surface area contributed by atoms with Gasteiger partial charge in [-0.3, -0.25) is 4.57 Å². The summed E-state index contributed by atoms with van der Waals surface area (Å²) in [6, 6.07) is 13.5. The Morgan fingerprint density at radius 3 is 2.48 bits per heavy atom. The minimum atomic E-state index is -2.43. The van der Waals surface area contributed by atoms with E-state index in [2.05, 4.69) is 9.97 Å². The van der Waals surface area contributed by atoms with Crippen molar-refractivity contribution in [2.75, 3.05) is 0 Å². The van der Waals surface area contributed by atoms with Crippen LogP contribution in [0.4, 0.5) is 0 Å². The molecule has 0 bridgehead atoms. The second kappa shape index (κ2) is 5.88. The zero-order valence-corrected chi connectivity index (χ0v) is 12.0. The standard InChI is InChI=1S/C15H13N3O2S/c19-21(20)10-12-6-7-15(17-8-12)18-11-16-9-14(18)13-4-2-1-3-5-13/h1-9,11,21H,10H2. The van der Waals surface area contributed by atoms with E-state index < -0.39 is 10.7 Å². The van der Waals surface area contributed by atoms with Crippen molar-refractivity contribution in [3.63, 3.8) is 0 Å². The summed E-state index contributed by atoms with van der Waals surface area (Å²) in [5.41, 5.74) is 2.66. The average molecular weight is 299 g/mol. The summed E-state index contributed by atoms with van der Waals surface area (Å²) in [7, 11) is -2.43. The van der Waals surface area contributed by atoms with Gasteiger partial charge < -0.3 is 0 Å². The van der Waals surface area contributed by atoms with E-state index in [0.717, 1.165) is 11.3 Å². The first-order chi connectivity index (χ1) is 10.2. The fraction of sp³-hybridized carbons (Fsp3) is 0.0667. The van der Waals surface area contributed by atoms with E-state index in [9.17, 15) is 8.42 Å². The topological polar surface area (TPSA) is 64.8 Å². The van der Waals surface area contributed by atoms with Gasteiger partial charge in [0.1, 0.15) is 22.8 Å². The van der Waals surface area contributed by atoms with E-state index in [0.29, 0.717) is 11.4 Å². The monoisotopic (exact) mass is 299 g/mol. The molecule has 0 spiro atoms. The Labute approximate surface area is 123 Å². The molecule has 1 aromatic carbocycles. The zero-order chi connectivity index (χ0) is 14.7. The maximum Gasteiger partial charge on any atom is 0.144 e. The summed E-state index contributed by atoms with van der Waals surface area (Å²) >= 11 is 0. The van der Waals surface area contributed by atoms with Crippen LogP contribution in [-0.4, -0.2) is 23.0 Å². The lowest BCUT2D eigenvalue weighted by Crippen LogP contribution is -1.99. The van der Waals surface area contributed by atoms with E-state index in [1.807, 2.05) is 34.9 Å². The smallest absolute Gasteiger partial charge is 0.144 e. The normalized spacial score (nSPS) is 10.9. The van der Waals surface area contributed by atoms with E-state index in [4.69, 9.17) is 0 Å². The molecule has 0 amide bonds. The Hall–Kier alpha value is -2.47. The summed E-state index contributed by atoms with van der Waals surface area (Å²) < 4.78 is 23.3. The Morgan fingerprint density at radius 2 is 1.81 bits per heavy atom. The largest absolute Gasteiger partial charge is 0.283 e. The number of thiol groups is 1. The molecule has 0 atom stereocenters. The predicted octanol–water partition coefficient (Wildman–Crippen LogP) is 2.05. The Balaban J connectivity index is 1.97. The molecule has 5 nitrogen and oxygen atoms in total. The van der Waals surface area contributed by atoms with E-state index in [-0.39, 0.29) is 5.75 Å². The maximum atomic E-state index is 10.7. The molecule has 0 saturated carbocycles. The lowest BCUT2D eigenvalue weighted by molar-refractivity contribution is 0.614. The van der Waals surface area contributed by atoms with Crippen LogP contribution in [0, 0.1) is 0 Å². The van der Waals surface area contributed by atoms with Gasteiger partial charge in [-0.2, -0.15) is 0 Å². The summed E-state index contributed by atoms with van der Waals surface area (Å²) in [5.74, 6) is 0.717. The highest BCUT2D eigenvalue weighted by Crippen LogP contribution is 2.21. The van der Waals surface area contributed by atoms with Crippen molar-refractivity contribution in [1.82, 2.24) is 14.5 Å². The second-order valence-electron chi connectivity index (χ2n) is 4.53. The Morgan fingerprint density at radius 1 is 1.00 bits per heavy atom. The van der Waals surface area contributed by atoms with E-state index >= 15 is 0 Å². The number of pyridine rings is 1. The highest BCUT2D eigenvalue weighted by Gasteiger charge is 2.07. The molecule has 2 aromatic heterocycles. The molecule has 0 fully saturated rings. The molecule has 3 aromatic rings. The minimum Gasteiger partial charge on any atom is -0.283 e. The van der Waals surface area contributed by atoms with Crippen LogP contribution in [0.5, 0.6) is 0 Å². The summed E-state index contributed by atoms with van der Waals surface area (Å²) in [4.78, 5) is 8.49. The van der Waals surface area contributed by atoms with Gasteiger partial charge in [-0.25, -0.2) is 18.4 Å². The van der Waals surface area contributed by atoms with Crippen molar-refractivity contribution >= 4 is 10.7 Å². The van der Waals surface area contributed by atoms with Crippen LogP contribution in [0.2, 0.25) is 0 Å². The van der Waals surface area contributed by atoms with Gasteiger partial charge in [0, 0.05) is 11.8 Å². The van der Waals surface area contributed by atoms with Crippen molar-refractivity contribution in [1.29, 1.82) is 0 Å². The van der Waals surface area contributed by atoms with Crippen LogP contribution in [-0.2, 0) is 16.5 Å². The Kier molecular flexibility index (Phi) is 3.79. The minimum absolute atomic E-state index is 0.0120. The molecule has 0 aliphatic heterocycles. The number of hydrogen-bond acceptors (Lipinski definition) is 4. The number of rotatable bonds is 4. The molecule has 6 heteroatoms. The van der Waals surface area contributed by atoms with Crippen molar-refractivity contribution in [3.05, 3.63) is 66.7 Å². The molecule has 0 aliphatic carbocycles. The van der Waals surface area contributed by atoms with Gasteiger partial charge in [0.2, 0.25) is 0 Å². The molecule has 21 heavy (non-hydrogen) atoms. The third-order valence-electron chi connectivity index (χ3n) is 3.08. The van der Waals surface area contributed by atoms with Gasteiger partial charge in [0.05, 0.1) is 17.6 Å². The van der Waals surface area contributed by atoms with Gasteiger partial charge >= 0.3 is 0 Å². The van der Waals surface area contributed by atoms with Crippen molar-refractivity contribution in [3.8, 4) is 17.1 Å². The Bertz CT molecular complexity index is 800. The summed E-state index contributed by atoms with van der Waals surface area (Å²) in [6.07, 6.45) is 5.05. The summed E-state index contributed by atoms with van der Waals surface area (Å²) in [5, 5.41) is 0. The third-order valence-corrected chi connectivity index (χ3v) is 3.70. The number of hydrogen-bond donors (Lipinski definition) is 1. The molecule has 0 N–H and O–H groups in total. The lowest BCUT2D eigenvalue weighted by atomic mass is 10.2. The van der Waals surface area contributed by atoms with Crippen LogP contribution in [0.1, 0.15) is 5.56 Å². The molecular formula is C15H13N3O2S. The van der Waals surface area contributed by atoms with E-state index in [1.54, 1.807) is 30.9 Å². The molecule has 0 radical (unpaired) electrons. The molecule has 0 saturated heterocycles. The van der Waals surface area contributed by atoms with Crippen molar-refractivity contribution in [2.24, 2.45) is 0 Å². The highest BCUT2D eigenvalue weighted by molar-refractivity contribution is 7.71. The maximum absolute atomic E-state index is 10.7. The van der Waals surface area contributed by atoms with Crippen molar-refractivity contribution < 1.29 is 8.42 Å². The van der Waals surface area contributed by atoms with Crippen molar-refractivity contribution in [2.45, 2.75) is 5.75 Å². The number of aromatic nitrogens is 3. The number of nitrogens with zero attached hydrogens (tertiary/aromatic N) is 3. The highest BCUT2D eigenvalue weighted by atomic mass is 32.2. The second-order valence-corrected chi connectivity index (χ2v) is 5.51. The van der Waals surface area contributed by atoms with Gasteiger partial charge in [-0.05, 0) is 11.6 Å². The van der Waals surface area contributed by atoms with Gasteiger partial charge in [-0.1, -0.05) is 36.4 Å². The summed E-state index contributed by atoms with van der Waals surface area (Å²) in [6.45, 7) is 0. The van der Waals surface area contributed by atoms with E-state index in [1.165, 1.54) is 0 Å². The number of benzene rings is 1.